The van der Waals surface area contributed by atoms with Crippen molar-refractivity contribution in [3.8, 4) is 0 Å². The molecule has 2 N–H and O–H groups in total. The van der Waals surface area contributed by atoms with Crippen LogP contribution in [0.15, 0.2) is 35.3 Å². The lowest BCUT2D eigenvalue weighted by Crippen LogP contribution is -2.41. The molecule has 0 spiro atoms. The van der Waals surface area contributed by atoms with E-state index >= 15 is 0 Å². The second-order valence-corrected chi connectivity index (χ2v) is 5.80. The lowest BCUT2D eigenvalue weighted by atomic mass is 10.2. The molecule has 1 aliphatic rings. The Morgan fingerprint density at radius 1 is 1.35 bits per heavy atom. The van der Waals surface area contributed by atoms with Crippen LogP contribution in [0.3, 0.4) is 0 Å². The van der Waals surface area contributed by atoms with Gasteiger partial charge in [-0.2, -0.15) is 5.10 Å². The number of furan rings is 1. The first-order chi connectivity index (χ1) is 11.1. The molecule has 23 heavy (non-hydrogen) atoms. The number of nitrogens with one attached hydrogen (secondary N) is 2. The average Bonchev–Trinajstić information content (AvgIpc) is 3.28. The Labute approximate surface area is 134 Å². The van der Waals surface area contributed by atoms with E-state index in [0.29, 0.717) is 17.4 Å². The number of nitrogens with zero attached hydrogens (tertiary/aromatic N) is 2. The molecular formula is C16H20N4O3. The summed E-state index contributed by atoms with van der Waals surface area (Å²) in [6.45, 7) is 1.64. The highest BCUT2D eigenvalue weighted by atomic mass is 16.3. The number of carbonyl (C=O) groups is 2. The number of carbonyl (C=O) groups excluding carboxylic acids is 2. The van der Waals surface area contributed by atoms with E-state index in [-0.39, 0.29) is 11.8 Å². The van der Waals surface area contributed by atoms with Gasteiger partial charge in [-0.3, -0.25) is 9.59 Å². The van der Waals surface area contributed by atoms with Gasteiger partial charge in [0.2, 0.25) is 5.91 Å². The Bertz CT molecular complexity index is 671. The molecule has 1 saturated carbocycles. The predicted octanol–water partition coefficient (Wildman–Crippen LogP) is 2.35. The molecule has 0 unspecified atom stereocenters. The monoisotopic (exact) mass is 316 g/mol. The summed E-state index contributed by atoms with van der Waals surface area (Å²) in [5, 5.41) is 9.80. The van der Waals surface area contributed by atoms with E-state index in [1.807, 2.05) is 4.68 Å². The third-order valence-electron chi connectivity index (χ3n) is 4.12. The van der Waals surface area contributed by atoms with Crippen molar-refractivity contribution >= 4 is 17.6 Å². The van der Waals surface area contributed by atoms with Crippen LogP contribution in [-0.2, 0) is 4.79 Å². The highest BCUT2D eigenvalue weighted by Gasteiger charge is 2.22. The fourth-order valence-electron chi connectivity index (χ4n) is 2.83. The maximum atomic E-state index is 12.3. The van der Waals surface area contributed by atoms with Gasteiger partial charge in [-0.25, -0.2) is 4.68 Å². The zero-order valence-electron chi connectivity index (χ0n) is 13.0. The van der Waals surface area contributed by atoms with Crippen molar-refractivity contribution in [1.82, 2.24) is 15.1 Å². The van der Waals surface area contributed by atoms with Crippen LogP contribution in [0.5, 0.6) is 0 Å². The molecule has 7 nitrogen and oxygen atoms in total. The van der Waals surface area contributed by atoms with Crippen molar-refractivity contribution in [2.24, 2.45) is 0 Å². The highest BCUT2D eigenvalue weighted by molar-refractivity contribution is 6.00. The topological polar surface area (TPSA) is 89.2 Å². The molecule has 0 bridgehead atoms. The lowest BCUT2D eigenvalue weighted by Gasteiger charge is -2.17. The van der Waals surface area contributed by atoms with Gasteiger partial charge in [-0.15, -0.1) is 0 Å². The Morgan fingerprint density at radius 3 is 2.83 bits per heavy atom. The Hall–Kier alpha value is -2.57. The maximum Gasteiger partial charge on any atom is 0.255 e. The van der Waals surface area contributed by atoms with E-state index in [1.165, 1.54) is 25.4 Å². The second kappa shape index (κ2) is 6.68. The standard InChI is InChI=1S/C16H20N4O3/c1-11(18-16(22)12-7-9-23-10-12)15(21)19-14-6-8-17-20(14)13-4-2-3-5-13/h6-11,13H,2-5H2,1H3,(H,18,22)(H,19,21)/t11-/m0/s1. The van der Waals surface area contributed by atoms with Crippen molar-refractivity contribution in [2.75, 3.05) is 5.32 Å². The molecular weight excluding hydrogens is 296 g/mol. The Kier molecular flexibility index (Phi) is 4.45. The first-order valence-corrected chi connectivity index (χ1v) is 7.82. The average molecular weight is 316 g/mol. The van der Waals surface area contributed by atoms with Crippen molar-refractivity contribution in [3.63, 3.8) is 0 Å². The van der Waals surface area contributed by atoms with E-state index in [2.05, 4.69) is 15.7 Å². The summed E-state index contributed by atoms with van der Waals surface area (Å²) in [4.78, 5) is 24.2. The molecule has 7 heteroatoms. The molecule has 1 fully saturated rings. The summed E-state index contributed by atoms with van der Waals surface area (Å²) in [7, 11) is 0. The van der Waals surface area contributed by atoms with Crippen LogP contribution in [0.2, 0.25) is 0 Å². The number of aromatic nitrogens is 2. The van der Waals surface area contributed by atoms with E-state index in [0.717, 1.165) is 12.8 Å². The van der Waals surface area contributed by atoms with Crippen LogP contribution in [0.1, 0.15) is 49.0 Å². The molecule has 3 rings (SSSR count). The summed E-state index contributed by atoms with van der Waals surface area (Å²) in [6, 6.07) is 3.01. The summed E-state index contributed by atoms with van der Waals surface area (Å²) < 4.78 is 6.73. The van der Waals surface area contributed by atoms with Gasteiger partial charge in [-0.05, 0) is 25.8 Å². The number of hydrogen-bond acceptors (Lipinski definition) is 4. The Morgan fingerprint density at radius 2 is 2.13 bits per heavy atom. The molecule has 2 heterocycles. The first-order valence-electron chi connectivity index (χ1n) is 7.82. The minimum absolute atomic E-state index is 0.276. The molecule has 1 aliphatic carbocycles. The minimum atomic E-state index is -0.663. The van der Waals surface area contributed by atoms with Gasteiger partial charge in [0.1, 0.15) is 18.1 Å². The molecule has 0 aliphatic heterocycles. The molecule has 0 aromatic carbocycles. The first kappa shape index (κ1) is 15.3. The number of hydrogen-bond donors (Lipinski definition) is 2. The molecule has 2 amide bonds. The third-order valence-corrected chi connectivity index (χ3v) is 4.12. The van der Waals surface area contributed by atoms with E-state index < -0.39 is 6.04 Å². The molecule has 0 saturated heterocycles. The predicted molar refractivity (Wildman–Crippen MR) is 84.0 cm³/mol. The fourth-order valence-corrected chi connectivity index (χ4v) is 2.83. The van der Waals surface area contributed by atoms with Crippen molar-refractivity contribution in [3.05, 3.63) is 36.4 Å². The molecule has 0 radical (unpaired) electrons. The van der Waals surface area contributed by atoms with E-state index in [4.69, 9.17) is 4.42 Å². The van der Waals surface area contributed by atoms with Crippen LogP contribution in [-0.4, -0.2) is 27.6 Å². The van der Waals surface area contributed by atoms with Crippen molar-refractivity contribution in [2.45, 2.75) is 44.7 Å². The van der Waals surface area contributed by atoms with E-state index in [1.54, 1.807) is 25.3 Å². The zero-order chi connectivity index (χ0) is 16.2. The van der Waals surface area contributed by atoms with Gasteiger partial charge in [0.05, 0.1) is 24.1 Å². The second-order valence-electron chi connectivity index (χ2n) is 5.80. The minimum Gasteiger partial charge on any atom is -0.472 e. The molecule has 2 aromatic heterocycles. The van der Waals surface area contributed by atoms with Crippen molar-refractivity contribution in [1.29, 1.82) is 0 Å². The van der Waals surface area contributed by atoms with Crippen LogP contribution < -0.4 is 10.6 Å². The summed E-state index contributed by atoms with van der Waals surface area (Å²) in [5.74, 6) is 0.0543. The summed E-state index contributed by atoms with van der Waals surface area (Å²) >= 11 is 0. The molecule has 1 atom stereocenters. The van der Waals surface area contributed by atoms with Gasteiger partial charge < -0.3 is 15.1 Å². The molecule has 122 valence electrons. The largest absolute Gasteiger partial charge is 0.472 e. The lowest BCUT2D eigenvalue weighted by molar-refractivity contribution is -0.117. The quantitative estimate of drug-likeness (QED) is 0.886. The van der Waals surface area contributed by atoms with Gasteiger partial charge in [0.25, 0.3) is 5.91 Å². The third kappa shape index (κ3) is 3.44. The SMILES string of the molecule is C[C@H](NC(=O)c1ccoc1)C(=O)Nc1ccnn1C1CCCC1. The highest BCUT2D eigenvalue weighted by Crippen LogP contribution is 2.31. The Balaban J connectivity index is 1.60. The number of anilines is 1. The zero-order valence-corrected chi connectivity index (χ0v) is 13.0. The van der Waals surface area contributed by atoms with Gasteiger partial charge in [-0.1, -0.05) is 12.8 Å². The summed E-state index contributed by atoms with van der Waals surface area (Å²) in [5.41, 5.74) is 0.389. The van der Waals surface area contributed by atoms with Gasteiger partial charge >= 0.3 is 0 Å². The maximum absolute atomic E-state index is 12.3. The van der Waals surface area contributed by atoms with Crippen molar-refractivity contribution < 1.29 is 14.0 Å². The number of rotatable bonds is 5. The summed E-state index contributed by atoms with van der Waals surface area (Å²) in [6.07, 6.45) is 8.98. The number of amides is 2. The van der Waals surface area contributed by atoms with Crippen LogP contribution in [0, 0.1) is 0 Å². The van der Waals surface area contributed by atoms with Crippen LogP contribution in [0.25, 0.3) is 0 Å². The van der Waals surface area contributed by atoms with Crippen LogP contribution >= 0.6 is 0 Å². The smallest absolute Gasteiger partial charge is 0.255 e. The fraction of sp³-hybridized carbons (Fsp3) is 0.438. The van der Waals surface area contributed by atoms with Gasteiger partial charge in [0.15, 0.2) is 0 Å². The van der Waals surface area contributed by atoms with Crippen LogP contribution in [0.4, 0.5) is 5.82 Å². The molecule has 2 aromatic rings. The van der Waals surface area contributed by atoms with Gasteiger partial charge in [0, 0.05) is 6.07 Å². The van der Waals surface area contributed by atoms with E-state index in [9.17, 15) is 9.59 Å². The normalized spacial score (nSPS) is 16.2.